The summed E-state index contributed by atoms with van der Waals surface area (Å²) in [7, 11) is 6.08. The molecule has 0 heterocycles. The molecule has 2 atom stereocenters. The first-order chi connectivity index (χ1) is 7.54. The fourth-order valence-corrected chi connectivity index (χ4v) is 2.12. The summed E-state index contributed by atoms with van der Waals surface area (Å²) in [6, 6.07) is 1.12. The van der Waals surface area contributed by atoms with Crippen LogP contribution in [0, 0.1) is 11.8 Å². The maximum absolute atomic E-state index is 5.31. The lowest BCUT2D eigenvalue weighted by Gasteiger charge is -2.30. The van der Waals surface area contributed by atoms with Crippen molar-refractivity contribution in [1.82, 2.24) is 10.2 Å². The summed E-state index contributed by atoms with van der Waals surface area (Å²) in [5.74, 6) is 1.52. The van der Waals surface area contributed by atoms with Gasteiger partial charge in [0.1, 0.15) is 0 Å². The third-order valence-corrected chi connectivity index (χ3v) is 3.33. The van der Waals surface area contributed by atoms with E-state index in [1.165, 1.54) is 12.8 Å². The van der Waals surface area contributed by atoms with Crippen LogP contribution in [0.5, 0.6) is 0 Å². The zero-order chi connectivity index (χ0) is 12.1. The molecular weight excluding hydrogens is 200 g/mol. The van der Waals surface area contributed by atoms with E-state index in [1.54, 1.807) is 7.11 Å². The second kappa shape index (κ2) is 6.58. The minimum absolute atomic E-state index is 0.553. The quantitative estimate of drug-likeness (QED) is 0.683. The first-order valence-corrected chi connectivity index (χ1v) is 6.44. The first kappa shape index (κ1) is 13.9. The summed E-state index contributed by atoms with van der Waals surface area (Å²) < 4.78 is 5.31. The number of ether oxygens (including phenoxy) is 1. The molecule has 0 aromatic rings. The van der Waals surface area contributed by atoms with Gasteiger partial charge in [0.15, 0.2) is 0 Å². The summed E-state index contributed by atoms with van der Waals surface area (Å²) in [4.78, 5) is 2.26. The standard InChI is InChI=1S/C13H28N2O/c1-10(2)12(8-15(3)4)14-13(9-16-5)11-6-7-11/h10-14H,6-9H2,1-5H3. The van der Waals surface area contributed by atoms with Crippen LogP contribution in [0.3, 0.4) is 0 Å². The summed E-state index contributed by atoms with van der Waals surface area (Å²) in [5.41, 5.74) is 0. The van der Waals surface area contributed by atoms with Crippen molar-refractivity contribution in [1.29, 1.82) is 0 Å². The van der Waals surface area contributed by atoms with Crippen molar-refractivity contribution in [3.05, 3.63) is 0 Å². The second-order valence-electron chi connectivity index (χ2n) is 5.68. The van der Waals surface area contributed by atoms with E-state index in [2.05, 4.69) is 38.2 Å². The number of likely N-dealkylation sites (N-methyl/N-ethyl adjacent to an activating group) is 1. The van der Waals surface area contributed by atoms with Gasteiger partial charge in [-0.3, -0.25) is 0 Å². The Labute approximate surface area is 101 Å². The van der Waals surface area contributed by atoms with Gasteiger partial charge in [0.05, 0.1) is 6.61 Å². The Kier molecular flexibility index (Phi) is 5.73. The SMILES string of the molecule is COCC(NC(CN(C)C)C(C)C)C1CC1. The molecule has 0 spiro atoms. The van der Waals surface area contributed by atoms with Crippen molar-refractivity contribution in [2.24, 2.45) is 11.8 Å². The fourth-order valence-electron chi connectivity index (χ4n) is 2.12. The Morgan fingerprint density at radius 2 is 1.94 bits per heavy atom. The van der Waals surface area contributed by atoms with Crippen molar-refractivity contribution in [3.8, 4) is 0 Å². The Bertz CT molecular complexity index is 190. The van der Waals surface area contributed by atoms with Gasteiger partial charge < -0.3 is 15.0 Å². The van der Waals surface area contributed by atoms with Gasteiger partial charge in [0, 0.05) is 25.7 Å². The Balaban J connectivity index is 2.43. The van der Waals surface area contributed by atoms with E-state index in [0.29, 0.717) is 18.0 Å². The molecule has 3 heteroatoms. The van der Waals surface area contributed by atoms with Gasteiger partial charge in [-0.15, -0.1) is 0 Å². The normalized spacial score (nSPS) is 20.4. The zero-order valence-corrected chi connectivity index (χ0v) is 11.5. The Morgan fingerprint density at radius 1 is 1.31 bits per heavy atom. The molecule has 1 aliphatic rings. The van der Waals surface area contributed by atoms with Crippen LogP contribution in [-0.4, -0.2) is 51.3 Å². The lowest BCUT2D eigenvalue weighted by Crippen LogP contribution is -2.49. The largest absolute Gasteiger partial charge is 0.383 e. The molecule has 1 fully saturated rings. The number of rotatable bonds is 8. The molecular formula is C13H28N2O. The monoisotopic (exact) mass is 228 g/mol. The van der Waals surface area contributed by atoms with Crippen LogP contribution in [0.15, 0.2) is 0 Å². The maximum atomic E-state index is 5.31. The highest BCUT2D eigenvalue weighted by molar-refractivity contribution is 4.89. The van der Waals surface area contributed by atoms with Crippen LogP contribution >= 0.6 is 0 Å². The van der Waals surface area contributed by atoms with Crippen molar-refractivity contribution >= 4 is 0 Å². The van der Waals surface area contributed by atoms with Crippen molar-refractivity contribution in [3.63, 3.8) is 0 Å². The molecule has 0 aromatic heterocycles. The van der Waals surface area contributed by atoms with E-state index in [1.807, 2.05) is 0 Å². The van der Waals surface area contributed by atoms with Crippen LogP contribution < -0.4 is 5.32 Å². The summed E-state index contributed by atoms with van der Waals surface area (Å²) in [6.45, 7) is 6.53. The van der Waals surface area contributed by atoms with Gasteiger partial charge in [0.2, 0.25) is 0 Å². The van der Waals surface area contributed by atoms with Gasteiger partial charge in [-0.05, 0) is 38.8 Å². The molecule has 0 saturated heterocycles. The van der Waals surface area contributed by atoms with Gasteiger partial charge >= 0.3 is 0 Å². The first-order valence-electron chi connectivity index (χ1n) is 6.44. The summed E-state index contributed by atoms with van der Waals surface area (Å²) in [6.07, 6.45) is 2.74. The Hall–Kier alpha value is -0.120. The van der Waals surface area contributed by atoms with E-state index in [9.17, 15) is 0 Å². The molecule has 1 rings (SSSR count). The number of nitrogens with one attached hydrogen (secondary N) is 1. The minimum Gasteiger partial charge on any atom is -0.383 e. The summed E-state index contributed by atoms with van der Waals surface area (Å²) >= 11 is 0. The van der Waals surface area contributed by atoms with E-state index < -0.39 is 0 Å². The summed E-state index contributed by atoms with van der Waals surface area (Å²) in [5, 5.41) is 3.78. The fraction of sp³-hybridized carbons (Fsp3) is 1.00. The molecule has 16 heavy (non-hydrogen) atoms. The molecule has 0 aromatic carbocycles. The van der Waals surface area contributed by atoms with Crippen LogP contribution in [0.25, 0.3) is 0 Å². The van der Waals surface area contributed by atoms with Crippen LogP contribution in [0.2, 0.25) is 0 Å². The molecule has 0 amide bonds. The molecule has 1 aliphatic carbocycles. The predicted molar refractivity (Wildman–Crippen MR) is 68.7 cm³/mol. The third kappa shape index (κ3) is 4.81. The van der Waals surface area contributed by atoms with Gasteiger partial charge in [-0.2, -0.15) is 0 Å². The van der Waals surface area contributed by atoms with Gasteiger partial charge in [0.25, 0.3) is 0 Å². The molecule has 0 radical (unpaired) electrons. The van der Waals surface area contributed by atoms with Gasteiger partial charge in [-0.1, -0.05) is 13.8 Å². The Morgan fingerprint density at radius 3 is 2.31 bits per heavy atom. The third-order valence-electron chi connectivity index (χ3n) is 3.33. The predicted octanol–water partition coefficient (Wildman–Crippen LogP) is 1.59. The average Bonchev–Trinajstić information content (AvgIpc) is 2.98. The molecule has 2 unspecified atom stereocenters. The zero-order valence-electron chi connectivity index (χ0n) is 11.5. The lowest BCUT2D eigenvalue weighted by molar-refractivity contribution is 0.140. The highest BCUT2D eigenvalue weighted by Crippen LogP contribution is 2.33. The van der Waals surface area contributed by atoms with E-state index in [0.717, 1.165) is 19.1 Å². The van der Waals surface area contributed by atoms with Crippen molar-refractivity contribution in [2.75, 3.05) is 34.4 Å². The van der Waals surface area contributed by atoms with E-state index in [4.69, 9.17) is 4.74 Å². The van der Waals surface area contributed by atoms with Crippen molar-refractivity contribution < 1.29 is 4.74 Å². The maximum Gasteiger partial charge on any atom is 0.0618 e. The highest BCUT2D eigenvalue weighted by atomic mass is 16.5. The molecule has 0 bridgehead atoms. The van der Waals surface area contributed by atoms with Crippen molar-refractivity contribution in [2.45, 2.75) is 38.8 Å². The number of hydrogen-bond donors (Lipinski definition) is 1. The van der Waals surface area contributed by atoms with Crippen LogP contribution in [-0.2, 0) is 4.74 Å². The number of methoxy groups -OCH3 is 1. The second-order valence-corrected chi connectivity index (χ2v) is 5.68. The van der Waals surface area contributed by atoms with Gasteiger partial charge in [-0.25, -0.2) is 0 Å². The van der Waals surface area contributed by atoms with E-state index in [-0.39, 0.29) is 0 Å². The molecule has 0 aliphatic heterocycles. The molecule has 1 N–H and O–H groups in total. The smallest absolute Gasteiger partial charge is 0.0618 e. The molecule has 3 nitrogen and oxygen atoms in total. The number of nitrogens with zero attached hydrogens (tertiary/aromatic N) is 1. The lowest BCUT2D eigenvalue weighted by atomic mass is 10.0. The minimum atomic E-state index is 0.553. The topological polar surface area (TPSA) is 24.5 Å². The van der Waals surface area contributed by atoms with E-state index >= 15 is 0 Å². The molecule has 1 saturated carbocycles. The van der Waals surface area contributed by atoms with Crippen LogP contribution in [0.1, 0.15) is 26.7 Å². The van der Waals surface area contributed by atoms with Crippen LogP contribution in [0.4, 0.5) is 0 Å². The average molecular weight is 228 g/mol. The molecule has 96 valence electrons. The number of hydrogen-bond acceptors (Lipinski definition) is 3. The highest BCUT2D eigenvalue weighted by Gasteiger charge is 2.33.